The largest absolute Gasteiger partial charge is 0.466 e. The van der Waals surface area contributed by atoms with Gasteiger partial charge in [0.25, 0.3) is 20.2 Å². The van der Waals surface area contributed by atoms with Crippen LogP contribution in [0.5, 0.6) is 11.5 Å². The fourth-order valence-electron chi connectivity index (χ4n) is 9.64. The maximum Gasteiger partial charge on any atom is 0.311 e. The fourth-order valence-corrected chi connectivity index (χ4v) is 14.0. The zero-order valence-corrected chi connectivity index (χ0v) is 41.7. The Morgan fingerprint density at radius 1 is 0.825 bits per heavy atom. The molecule has 6 atom stereocenters. The number of carbonyl (C=O) groups is 1. The molecule has 3 heterocycles. The van der Waals surface area contributed by atoms with E-state index in [1.807, 2.05) is 45.9 Å². The van der Waals surface area contributed by atoms with E-state index in [9.17, 15) is 39.2 Å². The monoisotopic (exact) mass is 1010 g/mol. The van der Waals surface area contributed by atoms with E-state index in [0.29, 0.717) is 56.2 Å². The molecule has 0 spiro atoms. The average molecular weight is 1010 g/mol. The van der Waals surface area contributed by atoms with Gasteiger partial charge in [0, 0.05) is 67.5 Å². The number of alkyl halides is 4. The Kier molecular flexibility index (Phi) is 14.3. The van der Waals surface area contributed by atoms with Gasteiger partial charge in [0.2, 0.25) is 15.4 Å². The van der Waals surface area contributed by atoms with Crippen LogP contribution in [-0.4, -0.2) is 127 Å². The number of carbonyl (C=O) groups excluding carboxylic acids is 1. The average Bonchev–Trinajstić information content (AvgIpc) is 3.15. The first-order chi connectivity index (χ1) is 29.1. The SMILES string of the molecule is CCOC(=O)C1C(Cl)C(Cl)C(Cl)C(Cl)C1C1=c2cc3c(cc2Oc2cc4c(cc21)C(C)=CC(C)(C)N4CC)=[N+](CC)C(C)(C)C=C3CS(=O)(=O)N(CCS(=O)(=O)O)CCS(=O)(=O)O. The number of halogens is 4. The first kappa shape index (κ1) is 50.0. The predicted molar refractivity (Wildman–Crippen MR) is 250 cm³/mol. The molecule has 1 saturated carbocycles. The van der Waals surface area contributed by atoms with Gasteiger partial charge in [-0.15, -0.1) is 46.4 Å². The summed E-state index contributed by atoms with van der Waals surface area (Å²) in [7, 11) is -13.9. The summed E-state index contributed by atoms with van der Waals surface area (Å²) < 4.78 is 110. The summed E-state index contributed by atoms with van der Waals surface area (Å²) in [6, 6.07) is 7.57. The molecule has 0 radical (unpaired) electrons. The number of esters is 1. The van der Waals surface area contributed by atoms with E-state index in [2.05, 4.69) is 36.3 Å². The molecule has 4 aliphatic rings. The van der Waals surface area contributed by atoms with Crippen LogP contribution in [0.25, 0.3) is 16.7 Å². The van der Waals surface area contributed by atoms with Crippen molar-refractivity contribution >= 4 is 105 Å². The Hall–Kier alpha value is -2.45. The summed E-state index contributed by atoms with van der Waals surface area (Å²) in [6.07, 6.45) is 3.95. The normalized spacial score (nSPS) is 25.3. The van der Waals surface area contributed by atoms with E-state index < -0.39 is 105 Å². The highest BCUT2D eigenvalue weighted by molar-refractivity contribution is 7.89. The summed E-state index contributed by atoms with van der Waals surface area (Å²) in [5, 5.41) is -2.81. The minimum atomic E-state index is -4.68. The van der Waals surface area contributed by atoms with Crippen molar-refractivity contribution in [2.24, 2.45) is 11.8 Å². The van der Waals surface area contributed by atoms with Crippen LogP contribution in [0.3, 0.4) is 0 Å². The highest BCUT2D eigenvalue weighted by atomic mass is 35.5. The lowest BCUT2D eigenvalue weighted by atomic mass is 9.70. The Labute approximate surface area is 390 Å². The smallest absolute Gasteiger partial charge is 0.311 e. The number of hydrogen-bond acceptors (Lipinski definition) is 10. The molecule has 21 heteroatoms. The predicted octanol–water partition coefficient (Wildman–Crippen LogP) is 5.35. The van der Waals surface area contributed by atoms with Crippen LogP contribution >= 0.6 is 46.4 Å². The number of ether oxygens (including phenoxy) is 2. The molecular formula is C42H54Cl4N3O11S3+. The molecule has 0 aromatic heterocycles. The topological polar surface area (TPSA) is 188 Å². The molecular weight excluding hydrogens is 960 g/mol. The molecule has 2 aromatic carbocycles. The van der Waals surface area contributed by atoms with Crippen LogP contribution in [0.1, 0.15) is 72.1 Å². The number of benzene rings is 2. The molecule has 63 heavy (non-hydrogen) atoms. The van der Waals surface area contributed by atoms with E-state index in [0.717, 1.165) is 16.8 Å². The first-order valence-corrected chi connectivity index (χ1v) is 27.1. The lowest BCUT2D eigenvalue weighted by Crippen LogP contribution is -2.54. The van der Waals surface area contributed by atoms with Crippen molar-refractivity contribution in [1.82, 2.24) is 8.88 Å². The maximum atomic E-state index is 14.3. The van der Waals surface area contributed by atoms with Gasteiger partial charge in [0.15, 0.2) is 5.54 Å². The molecule has 3 aliphatic heterocycles. The number of hydrogen-bond donors (Lipinski definition) is 2. The van der Waals surface area contributed by atoms with Gasteiger partial charge < -0.3 is 14.4 Å². The molecule has 0 saturated heterocycles. The first-order valence-electron chi connectivity index (χ1n) is 20.6. The highest BCUT2D eigenvalue weighted by Crippen LogP contribution is 2.52. The van der Waals surface area contributed by atoms with Crippen molar-refractivity contribution < 1.29 is 48.6 Å². The van der Waals surface area contributed by atoms with Crippen LogP contribution in [0.4, 0.5) is 5.69 Å². The zero-order valence-electron chi connectivity index (χ0n) is 36.2. The second-order valence-electron chi connectivity index (χ2n) is 17.3. The van der Waals surface area contributed by atoms with E-state index in [1.54, 1.807) is 19.1 Å². The lowest BCUT2D eigenvalue weighted by Gasteiger charge is -2.45. The van der Waals surface area contributed by atoms with Gasteiger partial charge >= 0.3 is 5.97 Å². The molecule has 0 amide bonds. The second-order valence-corrected chi connectivity index (χ2v) is 24.5. The maximum absolute atomic E-state index is 14.3. The molecule has 2 aromatic rings. The molecule has 6 unspecified atom stereocenters. The van der Waals surface area contributed by atoms with Gasteiger partial charge in [-0.05, 0) is 76.5 Å². The van der Waals surface area contributed by atoms with Crippen LogP contribution in [0.15, 0.2) is 36.4 Å². The Morgan fingerprint density at radius 3 is 1.98 bits per heavy atom. The van der Waals surface area contributed by atoms with Crippen molar-refractivity contribution in [3.8, 4) is 11.5 Å². The van der Waals surface area contributed by atoms with Gasteiger partial charge in [-0.25, -0.2) is 13.0 Å². The summed E-state index contributed by atoms with van der Waals surface area (Å²) in [4.78, 5) is 16.4. The van der Waals surface area contributed by atoms with Crippen LogP contribution in [0.2, 0.25) is 0 Å². The van der Waals surface area contributed by atoms with Gasteiger partial charge in [-0.1, -0.05) is 6.08 Å². The summed E-state index contributed by atoms with van der Waals surface area (Å²) in [5.74, 6) is -4.59. The van der Waals surface area contributed by atoms with Crippen LogP contribution in [-0.2, 0) is 39.8 Å². The third-order valence-corrected chi connectivity index (χ3v) is 18.1. The summed E-state index contributed by atoms with van der Waals surface area (Å²) in [6.45, 7) is 15.4. The number of fused-ring (bicyclic) bond motifs is 4. The number of likely N-dealkylation sites (N-methyl/N-ethyl adjacent to an activating group) is 2. The van der Waals surface area contributed by atoms with Gasteiger partial charge in [0.05, 0.1) is 68.5 Å². The summed E-state index contributed by atoms with van der Waals surface area (Å²) in [5.41, 5.74) is 3.56. The minimum Gasteiger partial charge on any atom is -0.466 e. The van der Waals surface area contributed by atoms with E-state index in [4.69, 9.17) is 55.9 Å². The second kappa shape index (κ2) is 18.0. The highest BCUT2D eigenvalue weighted by Gasteiger charge is 2.54. The molecule has 1 aliphatic carbocycles. The van der Waals surface area contributed by atoms with Gasteiger partial charge in [-0.2, -0.15) is 21.1 Å². The quantitative estimate of drug-likeness (QED) is 0.107. The van der Waals surface area contributed by atoms with Crippen molar-refractivity contribution in [2.75, 3.05) is 54.9 Å². The van der Waals surface area contributed by atoms with E-state index in [1.165, 1.54) is 0 Å². The minimum absolute atomic E-state index is 0.0475. The number of allylic oxidation sites excluding steroid dienone is 1. The van der Waals surface area contributed by atoms with Crippen LogP contribution in [0, 0.1) is 11.8 Å². The molecule has 1 fully saturated rings. The summed E-state index contributed by atoms with van der Waals surface area (Å²) >= 11 is 28.3. The standard InChI is InChI=1S/C42H53Cl4N3O11S3/c1-9-48-29-18-31-27(16-25(29)23(4)20-41(48,5)6)33(34-35(40(50)59-11-3)37(44)39(46)38(45)36(34)43)28-17-26-24(21-42(7,8)49(10-2)30(26)19-32(28)60-31)22-61(51,52)47(12-14-62(53,54)55)13-15-63(56,57)58/h16-21,34-39H,9-15,22H2,1-8H3,(H-,53,54,55,56,57,58)/p+1. The third-order valence-electron chi connectivity index (χ3n) is 12.3. The molecule has 0 bridgehead atoms. The van der Waals surface area contributed by atoms with Crippen LogP contribution < -0.4 is 24.8 Å². The fraction of sp³-hybridized carbons (Fsp3) is 0.571. The Bertz CT molecular complexity index is 2710. The molecule has 14 nitrogen and oxygen atoms in total. The van der Waals surface area contributed by atoms with Crippen molar-refractivity contribution in [3.63, 3.8) is 0 Å². The van der Waals surface area contributed by atoms with E-state index >= 15 is 0 Å². The number of anilines is 1. The number of sulfonamides is 1. The van der Waals surface area contributed by atoms with Gasteiger partial charge in [0.1, 0.15) is 18.0 Å². The molecule has 2 N–H and O–H groups in total. The molecule has 348 valence electrons. The third kappa shape index (κ3) is 9.84. The van der Waals surface area contributed by atoms with Crippen molar-refractivity contribution in [2.45, 2.75) is 88.0 Å². The Balaban J connectivity index is 1.69. The lowest BCUT2D eigenvalue weighted by molar-refractivity contribution is -0.149. The number of nitrogens with zero attached hydrogens (tertiary/aromatic N) is 3. The number of rotatable bonds is 14. The molecule has 6 rings (SSSR count). The van der Waals surface area contributed by atoms with Gasteiger partial charge in [-0.3, -0.25) is 13.9 Å². The van der Waals surface area contributed by atoms with Crippen molar-refractivity contribution in [3.05, 3.63) is 63.7 Å². The zero-order chi connectivity index (χ0) is 46.9. The Morgan fingerprint density at radius 2 is 1.43 bits per heavy atom. The van der Waals surface area contributed by atoms with Crippen molar-refractivity contribution in [1.29, 1.82) is 0 Å². The van der Waals surface area contributed by atoms with E-state index in [-0.39, 0.29) is 17.7 Å².